The van der Waals surface area contributed by atoms with Gasteiger partial charge in [0.2, 0.25) is 6.29 Å². The fourth-order valence-corrected chi connectivity index (χ4v) is 5.89. The van der Waals surface area contributed by atoms with Gasteiger partial charge in [0.05, 0.1) is 23.4 Å². The van der Waals surface area contributed by atoms with Gasteiger partial charge in [0.25, 0.3) is 5.91 Å². The highest BCUT2D eigenvalue weighted by molar-refractivity contribution is 7.21. The normalized spacial score (nSPS) is 16.7. The minimum absolute atomic E-state index is 0.000674. The van der Waals surface area contributed by atoms with Crippen LogP contribution < -0.4 is 5.32 Å². The van der Waals surface area contributed by atoms with Crippen LogP contribution in [0.2, 0.25) is 0 Å². The number of nitrogens with one attached hydrogen (secondary N) is 1. The SMILES string of the molecule is Cc1ccc2nc(-c3ccc(NC(=O)C4=C[C@@H](c5ccccc5)C[C@@H](OCc5ccc(CO)cc5)O4)cc3)sc2c1. The van der Waals surface area contributed by atoms with Crippen molar-refractivity contribution in [3.05, 3.63) is 131 Å². The van der Waals surface area contributed by atoms with Gasteiger partial charge in [0.1, 0.15) is 5.01 Å². The zero-order valence-corrected chi connectivity index (χ0v) is 23.4. The van der Waals surface area contributed by atoms with Crippen LogP contribution in [0, 0.1) is 6.92 Å². The number of aliphatic hydroxyl groups is 1. The maximum absolute atomic E-state index is 13.3. The van der Waals surface area contributed by atoms with Crippen molar-refractivity contribution in [2.75, 3.05) is 5.32 Å². The molecular formula is C34H30N2O4S. The van der Waals surface area contributed by atoms with Crippen molar-refractivity contribution in [3.63, 3.8) is 0 Å². The van der Waals surface area contributed by atoms with E-state index < -0.39 is 6.29 Å². The first kappa shape index (κ1) is 26.9. The fourth-order valence-electron chi connectivity index (χ4n) is 4.83. The number of hydrogen-bond donors (Lipinski definition) is 2. The van der Waals surface area contributed by atoms with Crippen LogP contribution in [0.4, 0.5) is 5.69 Å². The number of aromatic nitrogens is 1. The smallest absolute Gasteiger partial charge is 0.290 e. The lowest BCUT2D eigenvalue weighted by Gasteiger charge is -2.29. The zero-order valence-electron chi connectivity index (χ0n) is 22.6. The van der Waals surface area contributed by atoms with Crippen LogP contribution >= 0.6 is 11.3 Å². The van der Waals surface area contributed by atoms with Crippen LogP contribution in [0.5, 0.6) is 0 Å². The van der Waals surface area contributed by atoms with E-state index >= 15 is 0 Å². The first-order valence-corrected chi connectivity index (χ1v) is 14.4. The molecule has 2 N–H and O–H groups in total. The third-order valence-electron chi connectivity index (χ3n) is 7.08. The number of aliphatic hydroxyl groups excluding tert-OH is 1. The Morgan fingerprint density at radius 2 is 1.76 bits per heavy atom. The molecule has 2 heterocycles. The van der Waals surface area contributed by atoms with E-state index in [1.807, 2.05) is 78.9 Å². The summed E-state index contributed by atoms with van der Waals surface area (Å²) >= 11 is 1.66. The molecule has 0 unspecified atom stereocenters. The summed E-state index contributed by atoms with van der Waals surface area (Å²) in [5.41, 5.74) is 6.77. The maximum atomic E-state index is 13.3. The molecule has 7 heteroatoms. The molecule has 1 aliphatic rings. The highest BCUT2D eigenvalue weighted by atomic mass is 32.1. The Bertz CT molecular complexity index is 1680. The molecule has 206 valence electrons. The number of anilines is 1. The molecule has 0 bridgehead atoms. The topological polar surface area (TPSA) is 80.7 Å². The van der Waals surface area contributed by atoms with Gasteiger partial charge in [0.15, 0.2) is 5.76 Å². The minimum Gasteiger partial charge on any atom is -0.459 e. The molecule has 41 heavy (non-hydrogen) atoms. The van der Waals surface area contributed by atoms with Gasteiger partial charge in [-0.2, -0.15) is 0 Å². The first-order valence-electron chi connectivity index (χ1n) is 13.6. The quantitative estimate of drug-likeness (QED) is 0.207. The highest BCUT2D eigenvalue weighted by Gasteiger charge is 2.29. The Labute approximate surface area is 242 Å². The van der Waals surface area contributed by atoms with E-state index in [2.05, 4.69) is 36.5 Å². The Hall–Kier alpha value is -4.30. The lowest BCUT2D eigenvalue weighted by molar-refractivity contribution is -0.147. The molecule has 2 atom stereocenters. The Morgan fingerprint density at radius 1 is 1.00 bits per heavy atom. The number of carbonyl (C=O) groups excluding carboxylic acids is 1. The van der Waals surface area contributed by atoms with E-state index in [1.165, 1.54) is 5.56 Å². The minimum atomic E-state index is -0.589. The Kier molecular flexibility index (Phi) is 7.91. The molecule has 1 aromatic heterocycles. The maximum Gasteiger partial charge on any atom is 0.290 e. The van der Waals surface area contributed by atoms with Crippen LogP contribution in [0.1, 0.15) is 34.6 Å². The summed E-state index contributed by atoms with van der Waals surface area (Å²) in [7, 11) is 0. The number of fused-ring (bicyclic) bond motifs is 1. The number of ether oxygens (including phenoxy) is 2. The predicted molar refractivity (Wildman–Crippen MR) is 162 cm³/mol. The molecule has 5 aromatic rings. The van der Waals surface area contributed by atoms with E-state index in [1.54, 1.807) is 11.3 Å². The monoisotopic (exact) mass is 562 g/mol. The number of aryl methyl sites for hydroxylation is 1. The average molecular weight is 563 g/mol. The number of allylic oxidation sites excluding steroid dienone is 1. The van der Waals surface area contributed by atoms with Crippen molar-refractivity contribution in [3.8, 4) is 10.6 Å². The van der Waals surface area contributed by atoms with Gasteiger partial charge in [-0.15, -0.1) is 11.3 Å². The van der Waals surface area contributed by atoms with Crippen molar-refractivity contribution in [1.29, 1.82) is 0 Å². The van der Waals surface area contributed by atoms with Gasteiger partial charge in [0, 0.05) is 23.6 Å². The number of thiazole rings is 1. The molecule has 0 fully saturated rings. The fraction of sp³-hybridized carbons (Fsp3) is 0.176. The summed E-state index contributed by atoms with van der Waals surface area (Å²) in [5, 5.41) is 13.2. The third-order valence-corrected chi connectivity index (χ3v) is 8.15. The molecule has 4 aromatic carbocycles. The molecule has 1 amide bonds. The van der Waals surface area contributed by atoms with Crippen LogP contribution in [-0.2, 0) is 27.5 Å². The van der Waals surface area contributed by atoms with E-state index in [9.17, 15) is 9.90 Å². The Balaban J connectivity index is 1.16. The van der Waals surface area contributed by atoms with Crippen LogP contribution in [0.3, 0.4) is 0 Å². The number of amides is 1. The molecule has 0 spiro atoms. The third kappa shape index (κ3) is 6.38. The second-order valence-corrected chi connectivity index (χ2v) is 11.2. The van der Waals surface area contributed by atoms with Gasteiger partial charge in [-0.05, 0) is 71.7 Å². The molecular weight excluding hydrogens is 532 g/mol. The molecule has 0 saturated heterocycles. The predicted octanol–water partition coefficient (Wildman–Crippen LogP) is 7.33. The summed E-state index contributed by atoms with van der Waals surface area (Å²) in [6.45, 7) is 2.41. The van der Waals surface area contributed by atoms with Crippen molar-refractivity contribution in [2.45, 2.75) is 38.8 Å². The summed E-state index contributed by atoms with van der Waals surface area (Å²) in [4.78, 5) is 18.1. The van der Waals surface area contributed by atoms with Gasteiger partial charge >= 0.3 is 0 Å². The van der Waals surface area contributed by atoms with Gasteiger partial charge in [-0.1, -0.05) is 60.7 Å². The van der Waals surface area contributed by atoms with Crippen LogP contribution in [0.15, 0.2) is 109 Å². The Morgan fingerprint density at radius 3 is 2.51 bits per heavy atom. The highest BCUT2D eigenvalue weighted by Crippen LogP contribution is 2.33. The van der Waals surface area contributed by atoms with Crippen molar-refractivity contribution < 1.29 is 19.4 Å². The van der Waals surface area contributed by atoms with Crippen molar-refractivity contribution in [2.24, 2.45) is 0 Å². The van der Waals surface area contributed by atoms with Crippen molar-refractivity contribution >= 4 is 33.1 Å². The number of rotatable bonds is 8. The number of benzene rings is 4. The largest absolute Gasteiger partial charge is 0.459 e. The molecule has 6 rings (SSSR count). The van der Waals surface area contributed by atoms with E-state index in [0.29, 0.717) is 18.7 Å². The second-order valence-electron chi connectivity index (χ2n) is 10.1. The van der Waals surface area contributed by atoms with E-state index in [-0.39, 0.29) is 24.2 Å². The lowest BCUT2D eigenvalue weighted by atomic mass is 9.93. The number of hydrogen-bond acceptors (Lipinski definition) is 6. The van der Waals surface area contributed by atoms with Gasteiger partial charge < -0.3 is 19.9 Å². The molecule has 0 radical (unpaired) electrons. The first-order chi connectivity index (χ1) is 20.0. The van der Waals surface area contributed by atoms with Gasteiger partial charge in [-0.25, -0.2) is 4.98 Å². The van der Waals surface area contributed by atoms with Gasteiger partial charge in [-0.3, -0.25) is 4.79 Å². The van der Waals surface area contributed by atoms with E-state index in [0.717, 1.165) is 37.5 Å². The summed E-state index contributed by atoms with van der Waals surface area (Å²) in [5.74, 6) is -0.122. The van der Waals surface area contributed by atoms with E-state index in [4.69, 9.17) is 14.5 Å². The lowest BCUT2D eigenvalue weighted by Crippen LogP contribution is -2.29. The van der Waals surface area contributed by atoms with Crippen LogP contribution in [-0.4, -0.2) is 22.3 Å². The summed E-state index contributed by atoms with van der Waals surface area (Å²) in [6, 6.07) is 31.6. The number of carbonyl (C=O) groups is 1. The summed E-state index contributed by atoms with van der Waals surface area (Å²) in [6.07, 6.45) is 1.87. The summed E-state index contributed by atoms with van der Waals surface area (Å²) < 4.78 is 13.3. The van der Waals surface area contributed by atoms with Crippen molar-refractivity contribution in [1.82, 2.24) is 4.98 Å². The molecule has 0 saturated carbocycles. The average Bonchev–Trinajstić information content (AvgIpc) is 3.44. The number of nitrogens with zero attached hydrogens (tertiary/aromatic N) is 1. The molecule has 0 aliphatic carbocycles. The molecule has 1 aliphatic heterocycles. The second kappa shape index (κ2) is 12.1. The zero-order chi connectivity index (χ0) is 28.2. The van der Waals surface area contributed by atoms with Crippen LogP contribution in [0.25, 0.3) is 20.8 Å². The molecule has 6 nitrogen and oxygen atoms in total. The standard InChI is InChI=1S/C34H30N2O4S/c1-22-7-16-29-31(17-22)41-34(36-29)26-12-14-28(15-13-26)35-33(38)30-18-27(25-5-3-2-4-6-25)19-32(40-30)39-21-24-10-8-23(20-37)9-11-24/h2-18,27,32,37H,19-21H2,1H3,(H,35,38)/t27-,32+/m1/s1.